The number of hydrogen-bond acceptors (Lipinski definition) is 4. The van der Waals surface area contributed by atoms with Crippen LogP contribution in [0.1, 0.15) is 24.5 Å². The Balaban J connectivity index is 1.47. The second-order valence-corrected chi connectivity index (χ2v) is 6.33. The van der Waals surface area contributed by atoms with E-state index in [1.165, 1.54) is 0 Å². The fourth-order valence-corrected chi connectivity index (χ4v) is 2.87. The SMILES string of the molecule is CCOc1cccc2c1OCC(C(=O)NCCC(=O)NCc1ccccc1)=C2. The molecule has 3 rings (SSSR count). The molecule has 1 aliphatic heterocycles. The van der Waals surface area contributed by atoms with E-state index in [0.717, 1.165) is 11.1 Å². The van der Waals surface area contributed by atoms with Crippen molar-refractivity contribution in [3.8, 4) is 11.5 Å². The topological polar surface area (TPSA) is 76.7 Å². The lowest BCUT2D eigenvalue weighted by Crippen LogP contribution is -2.33. The number of carbonyl (C=O) groups excluding carboxylic acids is 2. The van der Waals surface area contributed by atoms with E-state index in [2.05, 4.69) is 10.6 Å². The van der Waals surface area contributed by atoms with Gasteiger partial charge in [-0.2, -0.15) is 0 Å². The van der Waals surface area contributed by atoms with Crippen LogP contribution in [-0.4, -0.2) is 31.6 Å². The minimum Gasteiger partial charge on any atom is -0.490 e. The maximum Gasteiger partial charge on any atom is 0.250 e. The highest BCUT2D eigenvalue weighted by Gasteiger charge is 2.20. The van der Waals surface area contributed by atoms with Crippen LogP contribution in [0.25, 0.3) is 6.08 Å². The van der Waals surface area contributed by atoms with Gasteiger partial charge in [-0.15, -0.1) is 0 Å². The van der Waals surface area contributed by atoms with Crippen LogP contribution in [-0.2, 0) is 16.1 Å². The molecule has 2 aromatic carbocycles. The normalized spacial score (nSPS) is 12.2. The predicted octanol–water partition coefficient (Wildman–Crippen LogP) is 2.68. The number of ether oxygens (including phenoxy) is 2. The van der Waals surface area contributed by atoms with Crippen LogP contribution in [0, 0.1) is 0 Å². The summed E-state index contributed by atoms with van der Waals surface area (Å²) in [5.41, 5.74) is 2.36. The summed E-state index contributed by atoms with van der Waals surface area (Å²) < 4.78 is 11.3. The number of nitrogens with one attached hydrogen (secondary N) is 2. The molecule has 2 N–H and O–H groups in total. The van der Waals surface area contributed by atoms with Gasteiger partial charge in [0.05, 0.1) is 12.2 Å². The van der Waals surface area contributed by atoms with Gasteiger partial charge in [0.25, 0.3) is 5.91 Å². The van der Waals surface area contributed by atoms with E-state index >= 15 is 0 Å². The molecule has 6 heteroatoms. The van der Waals surface area contributed by atoms with Crippen LogP contribution in [0.15, 0.2) is 54.1 Å². The third-order valence-corrected chi connectivity index (χ3v) is 4.27. The summed E-state index contributed by atoms with van der Waals surface area (Å²) in [7, 11) is 0. The van der Waals surface area contributed by atoms with Crippen molar-refractivity contribution in [3.63, 3.8) is 0 Å². The number of carbonyl (C=O) groups is 2. The predicted molar refractivity (Wildman–Crippen MR) is 107 cm³/mol. The van der Waals surface area contributed by atoms with Crippen LogP contribution in [0.3, 0.4) is 0 Å². The van der Waals surface area contributed by atoms with Crippen molar-refractivity contribution in [2.45, 2.75) is 19.9 Å². The average molecular weight is 380 g/mol. The molecular formula is C22H24N2O4. The Bertz CT molecular complexity index is 862. The van der Waals surface area contributed by atoms with E-state index in [4.69, 9.17) is 9.47 Å². The molecule has 146 valence electrons. The first kappa shape index (κ1) is 19.5. The lowest BCUT2D eigenvalue weighted by atomic mass is 10.1. The number of para-hydroxylation sites is 1. The maximum absolute atomic E-state index is 12.4. The van der Waals surface area contributed by atoms with Crippen molar-refractivity contribution in [1.82, 2.24) is 10.6 Å². The van der Waals surface area contributed by atoms with Crippen LogP contribution in [0.2, 0.25) is 0 Å². The number of benzene rings is 2. The molecule has 1 heterocycles. The van der Waals surface area contributed by atoms with Gasteiger partial charge in [-0.25, -0.2) is 0 Å². The molecule has 1 aliphatic rings. The maximum atomic E-state index is 12.4. The minimum atomic E-state index is -0.233. The van der Waals surface area contributed by atoms with Crippen LogP contribution in [0.5, 0.6) is 11.5 Å². The van der Waals surface area contributed by atoms with Crippen LogP contribution < -0.4 is 20.1 Å². The molecule has 0 radical (unpaired) electrons. The molecule has 2 aromatic rings. The third-order valence-electron chi connectivity index (χ3n) is 4.27. The molecule has 0 aliphatic carbocycles. The van der Waals surface area contributed by atoms with Crippen LogP contribution in [0.4, 0.5) is 0 Å². The van der Waals surface area contributed by atoms with Crippen molar-refractivity contribution < 1.29 is 19.1 Å². The fraction of sp³-hybridized carbons (Fsp3) is 0.273. The Morgan fingerprint density at radius 2 is 1.89 bits per heavy atom. The largest absolute Gasteiger partial charge is 0.490 e. The van der Waals surface area contributed by atoms with Gasteiger partial charge in [-0.3, -0.25) is 9.59 Å². The van der Waals surface area contributed by atoms with Crippen molar-refractivity contribution in [2.24, 2.45) is 0 Å². The molecule has 0 fully saturated rings. The van der Waals surface area contributed by atoms with E-state index in [1.807, 2.05) is 55.5 Å². The smallest absolute Gasteiger partial charge is 0.250 e. The minimum absolute atomic E-state index is 0.107. The number of rotatable bonds is 8. The van der Waals surface area contributed by atoms with Gasteiger partial charge in [0.2, 0.25) is 5.91 Å². The van der Waals surface area contributed by atoms with E-state index in [0.29, 0.717) is 30.2 Å². The second-order valence-electron chi connectivity index (χ2n) is 6.33. The number of hydrogen-bond donors (Lipinski definition) is 2. The number of amides is 2. The monoisotopic (exact) mass is 380 g/mol. The molecule has 0 saturated carbocycles. The van der Waals surface area contributed by atoms with E-state index in [-0.39, 0.29) is 31.4 Å². The van der Waals surface area contributed by atoms with Gasteiger partial charge >= 0.3 is 0 Å². The molecule has 0 spiro atoms. The lowest BCUT2D eigenvalue weighted by Gasteiger charge is -2.20. The lowest BCUT2D eigenvalue weighted by molar-refractivity contribution is -0.121. The van der Waals surface area contributed by atoms with Gasteiger partial charge in [0.15, 0.2) is 11.5 Å². The summed E-state index contributed by atoms with van der Waals surface area (Å²) in [5, 5.41) is 5.61. The molecule has 28 heavy (non-hydrogen) atoms. The zero-order valence-electron chi connectivity index (χ0n) is 15.9. The highest BCUT2D eigenvalue weighted by atomic mass is 16.5. The summed E-state index contributed by atoms with van der Waals surface area (Å²) in [6.45, 7) is 3.37. The Morgan fingerprint density at radius 1 is 1.07 bits per heavy atom. The van der Waals surface area contributed by atoms with Gasteiger partial charge in [-0.05, 0) is 24.6 Å². The van der Waals surface area contributed by atoms with Gasteiger partial charge in [0, 0.05) is 25.1 Å². The van der Waals surface area contributed by atoms with E-state index < -0.39 is 0 Å². The first-order valence-electron chi connectivity index (χ1n) is 9.35. The standard InChI is InChI=1S/C22H24N2O4/c1-2-27-19-10-6-9-17-13-18(15-28-21(17)19)22(26)23-12-11-20(25)24-14-16-7-4-3-5-8-16/h3-10,13H,2,11-12,14-15H2,1H3,(H,23,26)(H,24,25). The van der Waals surface area contributed by atoms with E-state index in [9.17, 15) is 9.59 Å². The molecule has 0 aromatic heterocycles. The van der Waals surface area contributed by atoms with E-state index in [1.54, 1.807) is 6.08 Å². The summed E-state index contributed by atoms with van der Waals surface area (Å²) in [6.07, 6.45) is 2.02. The Morgan fingerprint density at radius 3 is 2.68 bits per heavy atom. The summed E-state index contributed by atoms with van der Waals surface area (Å²) in [6, 6.07) is 15.3. The zero-order chi connectivity index (χ0) is 19.8. The Hall–Kier alpha value is -3.28. The van der Waals surface area contributed by atoms with Crippen LogP contribution >= 0.6 is 0 Å². The van der Waals surface area contributed by atoms with Crippen molar-refractivity contribution >= 4 is 17.9 Å². The molecular weight excluding hydrogens is 356 g/mol. The third kappa shape index (κ3) is 5.13. The Kier molecular flexibility index (Phi) is 6.68. The highest BCUT2D eigenvalue weighted by Crippen LogP contribution is 2.35. The number of fused-ring (bicyclic) bond motifs is 1. The van der Waals surface area contributed by atoms with Crippen molar-refractivity contribution in [2.75, 3.05) is 19.8 Å². The molecule has 6 nitrogen and oxygen atoms in total. The molecule has 2 amide bonds. The van der Waals surface area contributed by atoms with Gasteiger partial charge < -0.3 is 20.1 Å². The second kappa shape index (κ2) is 9.60. The van der Waals surface area contributed by atoms with Crippen molar-refractivity contribution in [3.05, 3.63) is 65.2 Å². The van der Waals surface area contributed by atoms with Crippen molar-refractivity contribution in [1.29, 1.82) is 0 Å². The Labute approximate surface area is 164 Å². The average Bonchev–Trinajstić information content (AvgIpc) is 2.73. The fourth-order valence-electron chi connectivity index (χ4n) is 2.87. The molecule has 0 bridgehead atoms. The summed E-state index contributed by atoms with van der Waals surface area (Å²) in [5.74, 6) is 0.986. The molecule has 0 saturated heterocycles. The summed E-state index contributed by atoms with van der Waals surface area (Å²) >= 11 is 0. The first-order valence-corrected chi connectivity index (χ1v) is 9.35. The quantitative estimate of drug-likeness (QED) is 0.738. The van der Waals surface area contributed by atoms with Gasteiger partial charge in [-0.1, -0.05) is 42.5 Å². The molecule has 0 atom stereocenters. The summed E-state index contributed by atoms with van der Waals surface area (Å²) in [4.78, 5) is 24.3. The highest BCUT2D eigenvalue weighted by molar-refractivity contribution is 5.99. The first-order chi connectivity index (χ1) is 13.7. The molecule has 0 unspecified atom stereocenters. The zero-order valence-corrected chi connectivity index (χ0v) is 15.9. The van der Waals surface area contributed by atoms with Gasteiger partial charge in [0.1, 0.15) is 6.61 Å².